The molecule has 3 rings (SSSR count). The van der Waals surface area contributed by atoms with Crippen LogP contribution in [-0.2, 0) is 0 Å². The largest absolute Gasteiger partial charge is 0.319 e. The van der Waals surface area contributed by atoms with Crippen molar-refractivity contribution in [3.8, 4) is 0 Å². The van der Waals surface area contributed by atoms with Crippen molar-refractivity contribution in [3.05, 3.63) is 53.6 Å². The monoisotopic (exact) mass is 309 g/mol. The standard InChI is InChI=1S/C17H19N5O/c1-4-11(2)13-7-5-6-8-14(13)19-16(23)15-20-17-18-10-9-12(3)22(17)21-15/h5-11H,4H2,1-3H3,(H,19,23)/t11-/m0/s1. The fourth-order valence-electron chi connectivity index (χ4n) is 2.44. The molecule has 2 aromatic heterocycles. The summed E-state index contributed by atoms with van der Waals surface area (Å²) in [6.45, 7) is 6.16. The third-order valence-electron chi connectivity index (χ3n) is 3.99. The Morgan fingerprint density at radius 1 is 1.30 bits per heavy atom. The van der Waals surface area contributed by atoms with Crippen molar-refractivity contribution in [2.45, 2.75) is 33.1 Å². The Bertz CT molecular complexity index is 855. The fraction of sp³-hybridized carbons (Fsp3) is 0.294. The second kappa shape index (κ2) is 6.16. The normalized spacial score (nSPS) is 12.3. The molecule has 1 N–H and O–H groups in total. The second-order valence-corrected chi connectivity index (χ2v) is 5.58. The summed E-state index contributed by atoms with van der Waals surface area (Å²) in [6.07, 6.45) is 2.65. The SMILES string of the molecule is CC[C@H](C)c1ccccc1NC(=O)c1nc2nccc(C)n2n1. The first-order chi connectivity index (χ1) is 11.1. The van der Waals surface area contributed by atoms with Crippen LogP contribution in [0.1, 0.15) is 48.1 Å². The number of benzene rings is 1. The van der Waals surface area contributed by atoms with E-state index in [-0.39, 0.29) is 11.7 Å². The average molecular weight is 309 g/mol. The minimum absolute atomic E-state index is 0.116. The molecule has 0 bridgehead atoms. The van der Waals surface area contributed by atoms with E-state index < -0.39 is 0 Å². The minimum Gasteiger partial charge on any atom is -0.319 e. The highest BCUT2D eigenvalue weighted by Gasteiger charge is 2.17. The number of hydrogen-bond donors (Lipinski definition) is 1. The molecule has 0 spiro atoms. The zero-order chi connectivity index (χ0) is 16.4. The summed E-state index contributed by atoms with van der Waals surface area (Å²) in [7, 11) is 0. The van der Waals surface area contributed by atoms with E-state index in [1.165, 1.54) is 0 Å². The molecule has 1 aromatic carbocycles. The molecule has 0 radical (unpaired) electrons. The van der Waals surface area contributed by atoms with Crippen LogP contribution in [0.25, 0.3) is 5.78 Å². The number of carbonyl (C=O) groups is 1. The molecule has 118 valence electrons. The topological polar surface area (TPSA) is 72.2 Å². The molecule has 1 atom stereocenters. The number of fused-ring (bicyclic) bond motifs is 1. The molecule has 0 aliphatic carbocycles. The van der Waals surface area contributed by atoms with Gasteiger partial charge in [0.15, 0.2) is 0 Å². The quantitative estimate of drug-likeness (QED) is 0.803. The lowest BCUT2D eigenvalue weighted by Gasteiger charge is -2.14. The highest BCUT2D eigenvalue weighted by atomic mass is 16.2. The average Bonchev–Trinajstić information content (AvgIpc) is 3.00. The van der Waals surface area contributed by atoms with E-state index in [0.717, 1.165) is 23.4 Å². The Labute approximate surface area is 134 Å². The van der Waals surface area contributed by atoms with Crippen LogP contribution in [0.15, 0.2) is 36.5 Å². The van der Waals surface area contributed by atoms with Gasteiger partial charge in [0, 0.05) is 17.6 Å². The third kappa shape index (κ3) is 2.92. The number of anilines is 1. The lowest BCUT2D eigenvalue weighted by Crippen LogP contribution is -2.15. The first kappa shape index (κ1) is 15.1. The van der Waals surface area contributed by atoms with Gasteiger partial charge >= 0.3 is 0 Å². The van der Waals surface area contributed by atoms with Crippen LogP contribution in [0.2, 0.25) is 0 Å². The summed E-state index contributed by atoms with van der Waals surface area (Å²) in [5.41, 5.74) is 2.79. The van der Waals surface area contributed by atoms with Crippen LogP contribution < -0.4 is 5.32 Å². The van der Waals surface area contributed by atoms with Gasteiger partial charge in [-0.3, -0.25) is 4.79 Å². The van der Waals surface area contributed by atoms with Crippen LogP contribution in [-0.4, -0.2) is 25.5 Å². The number of nitrogens with one attached hydrogen (secondary N) is 1. The van der Waals surface area contributed by atoms with E-state index in [4.69, 9.17) is 0 Å². The maximum atomic E-state index is 12.5. The minimum atomic E-state index is -0.328. The Morgan fingerprint density at radius 3 is 2.83 bits per heavy atom. The van der Waals surface area contributed by atoms with Crippen LogP contribution >= 0.6 is 0 Å². The van der Waals surface area contributed by atoms with E-state index >= 15 is 0 Å². The Balaban J connectivity index is 1.91. The number of nitrogens with zero attached hydrogens (tertiary/aromatic N) is 4. The van der Waals surface area contributed by atoms with Crippen LogP contribution in [0, 0.1) is 6.92 Å². The van der Waals surface area contributed by atoms with Crippen molar-refractivity contribution < 1.29 is 4.79 Å². The molecule has 0 saturated carbocycles. The van der Waals surface area contributed by atoms with E-state index in [1.807, 2.05) is 37.3 Å². The Hall–Kier alpha value is -2.76. The van der Waals surface area contributed by atoms with Gasteiger partial charge in [0.25, 0.3) is 11.7 Å². The molecule has 1 amide bonds. The van der Waals surface area contributed by atoms with Gasteiger partial charge in [-0.15, -0.1) is 5.10 Å². The highest BCUT2D eigenvalue weighted by molar-refractivity contribution is 6.02. The molecule has 0 aliphatic rings. The van der Waals surface area contributed by atoms with Gasteiger partial charge in [0.1, 0.15) is 0 Å². The molecule has 2 heterocycles. The molecule has 0 fully saturated rings. The Morgan fingerprint density at radius 2 is 2.09 bits per heavy atom. The van der Waals surface area contributed by atoms with Crippen LogP contribution in [0.5, 0.6) is 0 Å². The number of hydrogen-bond acceptors (Lipinski definition) is 4. The molecular weight excluding hydrogens is 290 g/mol. The zero-order valence-electron chi connectivity index (χ0n) is 13.4. The lowest BCUT2D eigenvalue weighted by atomic mass is 9.97. The lowest BCUT2D eigenvalue weighted by molar-refractivity contribution is 0.101. The van der Waals surface area contributed by atoms with Crippen LogP contribution in [0.3, 0.4) is 0 Å². The summed E-state index contributed by atoms with van der Waals surface area (Å²) < 4.78 is 1.56. The smallest absolute Gasteiger partial charge is 0.295 e. The summed E-state index contributed by atoms with van der Waals surface area (Å²) in [5, 5.41) is 7.15. The van der Waals surface area contributed by atoms with Crippen LogP contribution in [0.4, 0.5) is 5.69 Å². The van der Waals surface area contributed by atoms with E-state index in [2.05, 4.69) is 34.2 Å². The van der Waals surface area contributed by atoms with E-state index in [0.29, 0.717) is 11.7 Å². The van der Waals surface area contributed by atoms with Gasteiger partial charge in [-0.2, -0.15) is 4.98 Å². The molecular formula is C17H19N5O. The van der Waals surface area contributed by atoms with Crippen molar-refractivity contribution in [3.63, 3.8) is 0 Å². The van der Waals surface area contributed by atoms with Gasteiger partial charge in [0.2, 0.25) is 5.82 Å². The molecule has 0 saturated heterocycles. The molecule has 3 aromatic rings. The summed E-state index contributed by atoms with van der Waals surface area (Å²) >= 11 is 0. The number of para-hydroxylation sites is 1. The first-order valence-corrected chi connectivity index (χ1v) is 7.68. The predicted octanol–water partition coefficient (Wildman–Crippen LogP) is 3.20. The molecule has 23 heavy (non-hydrogen) atoms. The summed E-state index contributed by atoms with van der Waals surface area (Å²) in [6, 6.07) is 9.64. The number of aryl methyl sites for hydroxylation is 1. The van der Waals surface area contributed by atoms with E-state index in [9.17, 15) is 4.79 Å². The maximum Gasteiger partial charge on any atom is 0.295 e. The van der Waals surface area contributed by atoms with E-state index in [1.54, 1.807) is 10.7 Å². The zero-order valence-corrected chi connectivity index (χ0v) is 13.4. The number of carbonyl (C=O) groups excluding carboxylic acids is 1. The summed E-state index contributed by atoms with van der Waals surface area (Å²) in [5.74, 6) is 0.575. The first-order valence-electron chi connectivity index (χ1n) is 7.68. The number of aromatic nitrogens is 4. The van der Waals surface area contributed by atoms with Gasteiger partial charge in [-0.05, 0) is 37.0 Å². The van der Waals surface area contributed by atoms with Gasteiger partial charge in [0.05, 0.1) is 0 Å². The molecule has 0 aliphatic heterocycles. The number of rotatable bonds is 4. The predicted molar refractivity (Wildman–Crippen MR) is 88.6 cm³/mol. The van der Waals surface area contributed by atoms with Crippen molar-refractivity contribution in [2.24, 2.45) is 0 Å². The van der Waals surface area contributed by atoms with Crippen molar-refractivity contribution >= 4 is 17.4 Å². The molecule has 0 unspecified atom stereocenters. The third-order valence-corrected chi connectivity index (χ3v) is 3.99. The van der Waals surface area contributed by atoms with Crippen molar-refractivity contribution in [1.29, 1.82) is 0 Å². The summed E-state index contributed by atoms with van der Waals surface area (Å²) in [4.78, 5) is 20.8. The number of amides is 1. The second-order valence-electron chi connectivity index (χ2n) is 5.58. The Kier molecular flexibility index (Phi) is 4.06. The molecule has 6 nitrogen and oxygen atoms in total. The van der Waals surface area contributed by atoms with Crippen molar-refractivity contribution in [1.82, 2.24) is 19.6 Å². The van der Waals surface area contributed by atoms with Gasteiger partial charge in [-0.25, -0.2) is 9.50 Å². The fourth-order valence-corrected chi connectivity index (χ4v) is 2.44. The molecule has 6 heteroatoms. The van der Waals surface area contributed by atoms with Gasteiger partial charge in [-0.1, -0.05) is 32.0 Å². The maximum absolute atomic E-state index is 12.5. The van der Waals surface area contributed by atoms with Gasteiger partial charge < -0.3 is 5.32 Å². The van der Waals surface area contributed by atoms with Crippen molar-refractivity contribution in [2.75, 3.05) is 5.32 Å². The highest BCUT2D eigenvalue weighted by Crippen LogP contribution is 2.26.